The van der Waals surface area contributed by atoms with Gasteiger partial charge in [-0.1, -0.05) is 17.7 Å². The van der Waals surface area contributed by atoms with Gasteiger partial charge in [-0.05, 0) is 51.3 Å². The fourth-order valence-electron chi connectivity index (χ4n) is 2.80. The summed E-state index contributed by atoms with van der Waals surface area (Å²) in [6.45, 7) is 8.66. The van der Waals surface area contributed by atoms with E-state index in [0.29, 0.717) is 30.5 Å². The lowest BCUT2D eigenvalue weighted by Gasteiger charge is -2.21. The highest BCUT2D eigenvalue weighted by Crippen LogP contribution is 2.25. The topological polar surface area (TPSA) is 74.8 Å². The molecule has 1 aliphatic heterocycles. The minimum atomic E-state index is -0.177. The lowest BCUT2D eigenvalue weighted by atomic mass is 10.0. The summed E-state index contributed by atoms with van der Waals surface area (Å²) in [5.74, 6) is 0.640. The zero-order valence-electron chi connectivity index (χ0n) is 15.8. The molecule has 1 saturated heterocycles. The second-order valence-corrected chi connectivity index (χ2v) is 7.14. The molecule has 0 spiro atoms. The van der Waals surface area contributed by atoms with Gasteiger partial charge in [-0.15, -0.1) is 0 Å². The molecule has 0 aromatic heterocycles. The first-order valence-corrected chi connectivity index (χ1v) is 9.52. The smallest absolute Gasteiger partial charge is 0.226 e. The number of rotatable bonds is 7. The molecule has 1 atom stereocenters. The Bertz CT molecular complexity index is 642. The van der Waals surface area contributed by atoms with Crippen molar-refractivity contribution in [3.05, 3.63) is 28.8 Å². The summed E-state index contributed by atoms with van der Waals surface area (Å²) in [6.07, 6.45) is 2.44. The molecule has 1 aromatic carbocycles. The normalized spacial score (nSPS) is 20.1. The standard InChI is InChI=1S/C19H29ClN4O2/c1-4-21-18(23-13-19(3)10-6-12-26-19)22-11-9-17(25)24-16-8-5-7-15(20)14(16)2/h5,7-8H,4,6,9-13H2,1-3H3,(H,24,25)(H2,21,22,23). The number of ether oxygens (including phenoxy) is 1. The number of benzene rings is 1. The molecule has 2 rings (SSSR count). The zero-order valence-corrected chi connectivity index (χ0v) is 16.6. The molecule has 0 aliphatic carbocycles. The minimum Gasteiger partial charge on any atom is -0.373 e. The fourth-order valence-corrected chi connectivity index (χ4v) is 2.97. The molecule has 1 amide bonds. The lowest BCUT2D eigenvalue weighted by Crippen LogP contribution is -2.40. The highest BCUT2D eigenvalue weighted by Gasteiger charge is 2.29. The number of amides is 1. The van der Waals surface area contributed by atoms with Crippen molar-refractivity contribution in [2.75, 3.05) is 31.6 Å². The van der Waals surface area contributed by atoms with Crippen LogP contribution < -0.4 is 16.0 Å². The summed E-state index contributed by atoms with van der Waals surface area (Å²) in [7, 11) is 0. The first kappa shape index (κ1) is 20.5. The molecule has 7 heteroatoms. The van der Waals surface area contributed by atoms with Gasteiger partial charge in [0.2, 0.25) is 5.91 Å². The fraction of sp³-hybridized carbons (Fsp3) is 0.579. The highest BCUT2D eigenvalue weighted by molar-refractivity contribution is 6.31. The Morgan fingerprint density at radius 1 is 1.38 bits per heavy atom. The molecule has 1 aromatic rings. The van der Waals surface area contributed by atoms with Crippen LogP contribution >= 0.6 is 11.6 Å². The number of guanidine groups is 1. The van der Waals surface area contributed by atoms with Crippen molar-refractivity contribution in [2.24, 2.45) is 4.99 Å². The Morgan fingerprint density at radius 2 is 2.19 bits per heavy atom. The van der Waals surface area contributed by atoms with Gasteiger partial charge in [0.1, 0.15) is 0 Å². The molecule has 1 fully saturated rings. The van der Waals surface area contributed by atoms with E-state index in [1.165, 1.54) is 0 Å². The number of aliphatic imine (C=N–C) groups is 1. The number of anilines is 1. The van der Waals surface area contributed by atoms with E-state index in [4.69, 9.17) is 16.3 Å². The second-order valence-electron chi connectivity index (χ2n) is 6.73. The summed E-state index contributed by atoms with van der Waals surface area (Å²) < 4.78 is 5.76. The average molecular weight is 381 g/mol. The molecule has 1 unspecified atom stereocenters. The molecule has 6 nitrogen and oxygen atoms in total. The van der Waals surface area contributed by atoms with E-state index in [-0.39, 0.29) is 11.5 Å². The van der Waals surface area contributed by atoms with Crippen LogP contribution in [0.3, 0.4) is 0 Å². The summed E-state index contributed by atoms with van der Waals surface area (Å²) in [5.41, 5.74) is 1.44. The Balaban J connectivity index is 1.81. The third-order valence-electron chi connectivity index (χ3n) is 4.40. The van der Waals surface area contributed by atoms with E-state index in [0.717, 1.165) is 37.2 Å². The van der Waals surface area contributed by atoms with Crippen LogP contribution in [0.1, 0.15) is 38.7 Å². The zero-order chi connectivity index (χ0) is 19.0. The van der Waals surface area contributed by atoms with Gasteiger partial charge in [0, 0.05) is 36.8 Å². The Labute approximate surface area is 160 Å². The molecular formula is C19H29ClN4O2. The maximum absolute atomic E-state index is 12.2. The first-order valence-electron chi connectivity index (χ1n) is 9.14. The molecule has 0 bridgehead atoms. The molecule has 3 N–H and O–H groups in total. The van der Waals surface area contributed by atoms with Crippen molar-refractivity contribution >= 4 is 29.2 Å². The Kier molecular flexibility index (Phi) is 7.72. The van der Waals surface area contributed by atoms with Gasteiger partial charge in [-0.2, -0.15) is 0 Å². The summed E-state index contributed by atoms with van der Waals surface area (Å²) in [5, 5.41) is 9.94. The van der Waals surface area contributed by atoms with Crippen molar-refractivity contribution in [1.29, 1.82) is 0 Å². The van der Waals surface area contributed by atoms with E-state index in [2.05, 4.69) is 27.9 Å². The number of nitrogens with one attached hydrogen (secondary N) is 3. The van der Waals surface area contributed by atoms with Gasteiger partial charge in [0.05, 0.1) is 12.1 Å². The summed E-state index contributed by atoms with van der Waals surface area (Å²) >= 11 is 6.08. The number of hydrogen-bond donors (Lipinski definition) is 3. The summed E-state index contributed by atoms with van der Waals surface area (Å²) in [4.78, 5) is 16.8. The average Bonchev–Trinajstić information content (AvgIpc) is 3.04. The molecule has 0 radical (unpaired) electrons. The van der Waals surface area contributed by atoms with Gasteiger partial charge in [0.25, 0.3) is 0 Å². The molecule has 0 saturated carbocycles. The quantitative estimate of drug-likeness (QED) is 0.502. The molecule has 144 valence electrons. The third-order valence-corrected chi connectivity index (χ3v) is 4.81. The maximum Gasteiger partial charge on any atom is 0.226 e. The van der Waals surface area contributed by atoms with Crippen LogP contribution in [0.25, 0.3) is 0 Å². The number of carbonyl (C=O) groups is 1. The molecule has 1 aliphatic rings. The van der Waals surface area contributed by atoms with Crippen LogP contribution in [0.2, 0.25) is 5.02 Å². The van der Waals surface area contributed by atoms with Crippen LogP contribution in [-0.4, -0.2) is 43.7 Å². The maximum atomic E-state index is 12.2. The van der Waals surface area contributed by atoms with E-state index < -0.39 is 0 Å². The minimum absolute atomic E-state index is 0.0650. The third kappa shape index (κ3) is 6.18. The SMILES string of the molecule is CCNC(=NCC1(C)CCCO1)NCCC(=O)Nc1cccc(Cl)c1C. The summed E-state index contributed by atoms with van der Waals surface area (Å²) in [6, 6.07) is 5.48. The van der Waals surface area contributed by atoms with Crippen molar-refractivity contribution in [1.82, 2.24) is 10.6 Å². The lowest BCUT2D eigenvalue weighted by molar-refractivity contribution is -0.116. The number of halogens is 1. The molecule has 1 heterocycles. The molecular weight excluding hydrogens is 352 g/mol. The van der Waals surface area contributed by atoms with Gasteiger partial charge < -0.3 is 20.7 Å². The predicted molar refractivity (Wildman–Crippen MR) is 107 cm³/mol. The first-order chi connectivity index (χ1) is 12.4. The van der Waals surface area contributed by atoms with Crippen LogP contribution in [-0.2, 0) is 9.53 Å². The number of carbonyl (C=O) groups excluding carboxylic acids is 1. The van der Waals surface area contributed by atoms with Crippen LogP contribution in [0.4, 0.5) is 5.69 Å². The number of hydrogen-bond acceptors (Lipinski definition) is 3. The van der Waals surface area contributed by atoms with E-state index in [1.54, 1.807) is 0 Å². The Hall–Kier alpha value is -1.79. The van der Waals surface area contributed by atoms with Gasteiger partial charge in [0.15, 0.2) is 5.96 Å². The van der Waals surface area contributed by atoms with Crippen molar-refractivity contribution in [3.8, 4) is 0 Å². The van der Waals surface area contributed by atoms with Gasteiger partial charge in [-0.3, -0.25) is 9.79 Å². The highest BCUT2D eigenvalue weighted by atomic mass is 35.5. The van der Waals surface area contributed by atoms with Gasteiger partial charge >= 0.3 is 0 Å². The van der Waals surface area contributed by atoms with Crippen molar-refractivity contribution < 1.29 is 9.53 Å². The number of nitrogens with zero attached hydrogens (tertiary/aromatic N) is 1. The Morgan fingerprint density at radius 3 is 2.88 bits per heavy atom. The second kappa shape index (κ2) is 9.78. The van der Waals surface area contributed by atoms with Crippen LogP contribution in [0.15, 0.2) is 23.2 Å². The van der Waals surface area contributed by atoms with E-state index in [9.17, 15) is 4.79 Å². The van der Waals surface area contributed by atoms with Crippen molar-refractivity contribution in [3.63, 3.8) is 0 Å². The largest absolute Gasteiger partial charge is 0.373 e. The van der Waals surface area contributed by atoms with E-state index in [1.807, 2.05) is 32.0 Å². The van der Waals surface area contributed by atoms with Crippen molar-refractivity contribution in [2.45, 2.75) is 45.6 Å². The monoisotopic (exact) mass is 380 g/mol. The predicted octanol–water partition coefficient (Wildman–Crippen LogP) is 3.10. The molecule has 26 heavy (non-hydrogen) atoms. The van der Waals surface area contributed by atoms with E-state index >= 15 is 0 Å². The van der Waals surface area contributed by atoms with Gasteiger partial charge in [-0.25, -0.2) is 0 Å². The van der Waals surface area contributed by atoms with Crippen LogP contribution in [0.5, 0.6) is 0 Å². The van der Waals surface area contributed by atoms with Crippen LogP contribution in [0, 0.1) is 6.92 Å².